The zero-order valence-electron chi connectivity index (χ0n) is 9.74. The van der Waals surface area contributed by atoms with Gasteiger partial charge in [-0.05, 0) is 31.5 Å². The smallest absolute Gasteiger partial charge is 0.101 e. The number of rotatable bonds is 3. The van der Waals surface area contributed by atoms with Gasteiger partial charge in [-0.2, -0.15) is 5.26 Å². The molecule has 0 bridgehead atoms. The first-order valence-electron chi connectivity index (χ1n) is 5.74. The highest BCUT2D eigenvalue weighted by Crippen LogP contribution is 2.24. The Hall–Kier alpha value is -1.24. The van der Waals surface area contributed by atoms with E-state index in [4.69, 9.17) is 21.6 Å². The molecule has 3 nitrogen and oxygen atoms in total. The third-order valence-electron chi connectivity index (χ3n) is 3.16. The summed E-state index contributed by atoms with van der Waals surface area (Å²) in [7, 11) is 0. The molecule has 0 radical (unpaired) electrons. The Balaban J connectivity index is 2.03. The average molecular weight is 251 g/mol. The summed E-state index contributed by atoms with van der Waals surface area (Å²) in [6, 6.07) is 7.82. The molecule has 0 saturated carbocycles. The third kappa shape index (κ3) is 2.91. The van der Waals surface area contributed by atoms with Gasteiger partial charge in [-0.25, -0.2) is 0 Å². The van der Waals surface area contributed by atoms with Gasteiger partial charge in [-0.3, -0.25) is 0 Å². The summed E-state index contributed by atoms with van der Waals surface area (Å²) in [6.45, 7) is 3.81. The van der Waals surface area contributed by atoms with Crippen molar-refractivity contribution in [1.82, 2.24) is 0 Å². The summed E-state index contributed by atoms with van der Waals surface area (Å²) in [4.78, 5) is 0. The maximum atomic E-state index is 8.79. The molecular formula is C13H15ClN2O. The minimum absolute atomic E-state index is 0.349. The minimum Gasteiger partial charge on any atom is -0.382 e. The van der Waals surface area contributed by atoms with Crippen molar-refractivity contribution < 1.29 is 4.74 Å². The number of benzene rings is 1. The van der Waals surface area contributed by atoms with Crippen molar-refractivity contribution in [2.45, 2.75) is 19.4 Å². The molecular weight excluding hydrogens is 236 g/mol. The molecule has 1 heterocycles. The van der Waals surface area contributed by atoms with Gasteiger partial charge in [-0.15, -0.1) is 0 Å². The fourth-order valence-electron chi connectivity index (χ4n) is 2.02. The molecule has 90 valence electrons. The Morgan fingerprint density at radius 2 is 2.41 bits per heavy atom. The van der Waals surface area contributed by atoms with Crippen LogP contribution in [0.1, 0.15) is 18.9 Å². The van der Waals surface area contributed by atoms with Crippen molar-refractivity contribution in [2.75, 3.05) is 18.5 Å². The van der Waals surface area contributed by atoms with Crippen molar-refractivity contribution in [3.05, 3.63) is 28.8 Å². The maximum absolute atomic E-state index is 8.79. The summed E-state index contributed by atoms with van der Waals surface area (Å²) in [5.74, 6) is 0.546. The summed E-state index contributed by atoms with van der Waals surface area (Å²) < 4.78 is 5.37. The summed E-state index contributed by atoms with van der Waals surface area (Å²) in [5.41, 5.74) is 1.46. The van der Waals surface area contributed by atoms with Crippen molar-refractivity contribution in [3.63, 3.8) is 0 Å². The van der Waals surface area contributed by atoms with Crippen molar-refractivity contribution in [1.29, 1.82) is 5.26 Å². The van der Waals surface area contributed by atoms with Gasteiger partial charge in [-0.1, -0.05) is 11.6 Å². The van der Waals surface area contributed by atoms with Crippen LogP contribution in [-0.4, -0.2) is 19.3 Å². The van der Waals surface area contributed by atoms with E-state index in [1.165, 1.54) is 0 Å². The van der Waals surface area contributed by atoms with Gasteiger partial charge in [0.2, 0.25) is 0 Å². The largest absolute Gasteiger partial charge is 0.382 e. The van der Waals surface area contributed by atoms with Crippen molar-refractivity contribution in [3.8, 4) is 6.07 Å². The Kier molecular flexibility index (Phi) is 3.88. The second-order valence-electron chi connectivity index (χ2n) is 4.36. The third-order valence-corrected chi connectivity index (χ3v) is 3.47. The SMILES string of the molecule is C[C@H](Nc1ccc(C#N)c(Cl)c1)[C@H]1CCOC1. The lowest BCUT2D eigenvalue weighted by atomic mass is 10.0. The first-order chi connectivity index (χ1) is 8.20. The molecule has 4 heteroatoms. The normalized spacial score (nSPS) is 20.9. The minimum atomic E-state index is 0.349. The summed E-state index contributed by atoms with van der Waals surface area (Å²) >= 11 is 5.99. The van der Waals surface area contributed by atoms with Gasteiger partial charge in [0.25, 0.3) is 0 Å². The highest BCUT2D eigenvalue weighted by molar-refractivity contribution is 6.32. The predicted octanol–water partition coefficient (Wildman–Crippen LogP) is 3.05. The summed E-state index contributed by atoms with van der Waals surface area (Å²) in [5, 5.41) is 12.7. The number of hydrogen-bond acceptors (Lipinski definition) is 3. The van der Waals surface area contributed by atoms with Crippen LogP contribution < -0.4 is 5.32 Å². The molecule has 1 N–H and O–H groups in total. The molecule has 2 atom stereocenters. The molecule has 17 heavy (non-hydrogen) atoms. The van der Waals surface area contributed by atoms with Gasteiger partial charge < -0.3 is 10.1 Å². The second kappa shape index (κ2) is 5.39. The number of nitriles is 1. The van der Waals surface area contributed by atoms with Crippen LogP contribution in [0.3, 0.4) is 0 Å². The van der Waals surface area contributed by atoms with Gasteiger partial charge in [0.1, 0.15) is 6.07 Å². The zero-order chi connectivity index (χ0) is 12.3. The van der Waals surface area contributed by atoms with Crippen LogP contribution in [0.4, 0.5) is 5.69 Å². The van der Waals surface area contributed by atoms with E-state index in [2.05, 4.69) is 18.3 Å². The number of halogens is 1. The Labute approximate surface area is 106 Å². The molecule has 1 aliphatic heterocycles. The Morgan fingerprint density at radius 1 is 1.59 bits per heavy atom. The van der Waals surface area contributed by atoms with Crippen LogP contribution in [-0.2, 0) is 4.74 Å². The fourth-order valence-corrected chi connectivity index (χ4v) is 2.25. The van der Waals surface area contributed by atoms with E-state index < -0.39 is 0 Å². The zero-order valence-corrected chi connectivity index (χ0v) is 10.5. The first-order valence-corrected chi connectivity index (χ1v) is 6.12. The fraction of sp³-hybridized carbons (Fsp3) is 0.462. The second-order valence-corrected chi connectivity index (χ2v) is 4.77. The predicted molar refractivity (Wildman–Crippen MR) is 68.2 cm³/mol. The molecule has 1 fully saturated rings. The Morgan fingerprint density at radius 3 is 3.00 bits per heavy atom. The Bertz CT molecular complexity index is 436. The van der Waals surface area contributed by atoms with Crippen molar-refractivity contribution >= 4 is 17.3 Å². The monoisotopic (exact) mass is 250 g/mol. The van der Waals surface area contributed by atoms with E-state index in [9.17, 15) is 0 Å². The van der Waals surface area contributed by atoms with Crippen LogP contribution in [0.25, 0.3) is 0 Å². The first kappa shape index (κ1) is 12.2. The van der Waals surface area contributed by atoms with E-state index in [0.29, 0.717) is 22.5 Å². The molecule has 0 spiro atoms. The van der Waals surface area contributed by atoms with Gasteiger partial charge >= 0.3 is 0 Å². The molecule has 0 aromatic heterocycles. The number of nitrogens with zero attached hydrogens (tertiary/aromatic N) is 1. The van der Waals surface area contributed by atoms with Crippen LogP contribution >= 0.6 is 11.6 Å². The maximum Gasteiger partial charge on any atom is 0.101 e. The number of nitrogens with one attached hydrogen (secondary N) is 1. The molecule has 1 saturated heterocycles. The molecule has 1 aromatic rings. The van der Waals surface area contributed by atoms with Crippen LogP contribution in [0, 0.1) is 17.2 Å². The lowest BCUT2D eigenvalue weighted by Crippen LogP contribution is -2.26. The van der Waals surface area contributed by atoms with Gasteiger partial charge in [0.05, 0.1) is 17.2 Å². The van der Waals surface area contributed by atoms with E-state index in [0.717, 1.165) is 25.3 Å². The molecule has 1 aromatic carbocycles. The van der Waals surface area contributed by atoms with Crippen LogP contribution in [0.5, 0.6) is 0 Å². The van der Waals surface area contributed by atoms with Crippen LogP contribution in [0.2, 0.25) is 5.02 Å². The molecule has 0 unspecified atom stereocenters. The average Bonchev–Trinajstić information content (AvgIpc) is 2.82. The van der Waals surface area contributed by atoms with Gasteiger partial charge in [0, 0.05) is 24.3 Å². The molecule has 2 rings (SSSR count). The number of hydrogen-bond donors (Lipinski definition) is 1. The number of anilines is 1. The lowest BCUT2D eigenvalue weighted by Gasteiger charge is -2.20. The van der Waals surface area contributed by atoms with E-state index in [1.54, 1.807) is 12.1 Å². The topological polar surface area (TPSA) is 45.0 Å². The van der Waals surface area contributed by atoms with E-state index >= 15 is 0 Å². The van der Waals surface area contributed by atoms with E-state index in [1.807, 2.05) is 6.07 Å². The van der Waals surface area contributed by atoms with Gasteiger partial charge in [0.15, 0.2) is 0 Å². The molecule has 1 aliphatic rings. The highest BCUT2D eigenvalue weighted by atomic mass is 35.5. The number of ether oxygens (including phenoxy) is 1. The molecule has 0 aliphatic carbocycles. The summed E-state index contributed by atoms with van der Waals surface area (Å²) in [6.07, 6.45) is 1.10. The van der Waals surface area contributed by atoms with Crippen molar-refractivity contribution in [2.24, 2.45) is 5.92 Å². The van der Waals surface area contributed by atoms with Crippen LogP contribution in [0.15, 0.2) is 18.2 Å². The van der Waals surface area contributed by atoms with E-state index in [-0.39, 0.29) is 0 Å². The lowest BCUT2D eigenvalue weighted by molar-refractivity contribution is 0.183. The standard InChI is InChI=1S/C13H15ClN2O/c1-9(11-4-5-17-8-11)16-12-3-2-10(7-15)13(14)6-12/h2-3,6,9,11,16H,4-5,8H2,1H3/t9-,11-/m0/s1. The molecule has 0 amide bonds. The highest BCUT2D eigenvalue weighted by Gasteiger charge is 2.22. The quantitative estimate of drug-likeness (QED) is 0.897.